The number of carboxylic acid groups (broad SMARTS) is 1. The minimum atomic E-state index is -0.859. The van der Waals surface area contributed by atoms with Gasteiger partial charge in [-0.25, -0.2) is 0 Å². The van der Waals surface area contributed by atoms with Crippen LogP contribution in [0.5, 0.6) is 0 Å². The first-order valence-corrected chi connectivity index (χ1v) is 14.4. The Morgan fingerprint density at radius 2 is 1.61 bits per heavy atom. The second kappa shape index (κ2) is 19.3. The van der Waals surface area contributed by atoms with Gasteiger partial charge >= 0.3 is 11.9 Å². The Morgan fingerprint density at radius 3 is 2.18 bits per heavy atom. The summed E-state index contributed by atoms with van der Waals surface area (Å²) in [5, 5.41) is 19.9. The third-order valence-electron chi connectivity index (χ3n) is 6.52. The molecule has 6 heteroatoms. The van der Waals surface area contributed by atoms with E-state index in [0.29, 0.717) is 25.2 Å². The molecule has 0 unspecified atom stereocenters. The van der Waals surface area contributed by atoms with Crippen LogP contribution in [0.2, 0.25) is 0 Å². The van der Waals surface area contributed by atoms with E-state index in [1.165, 1.54) is 69.8 Å². The zero-order chi connectivity index (χ0) is 24.3. The van der Waals surface area contributed by atoms with Gasteiger partial charge < -0.3 is 14.9 Å². The summed E-state index contributed by atoms with van der Waals surface area (Å²) in [5.74, 6) is -0.718. The van der Waals surface area contributed by atoms with Crippen molar-refractivity contribution in [3.63, 3.8) is 0 Å². The van der Waals surface area contributed by atoms with Crippen LogP contribution in [0.3, 0.4) is 0 Å². The van der Waals surface area contributed by atoms with Crippen molar-refractivity contribution < 1.29 is 24.5 Å². The predicted octanol–water partition coefficient (Wildman–Crippen LogP) is 6.91. The van der Waals surface area contributed by atoms with E-state index in [9.17, 15) is 19.8 Å². The van der Waals surface area contributed by atoms with Gasteiger partial charge in [-0.15, -0.1) is 0 Å². The van der Waals surface area contributed by atoms with Gasteiger partial charge in [-0.3, -0.25) is 9.59 Å². The van der Waals surface area contributed by atoms with Crippen LogP contribution >= 0.6 is 11.8 Å². The number of carboxylic acids is 1. The minimum Gasteiger partial charge on any atom is -0.481 e. The molecule has 0 heterocycles. The van der Waals surface area contributed by atoms with Crippen molar-refractivity contribution in [3.05, 3.63) is 11.6 Å². The Hall–Kier alpha value is -1.01. The van der Waals surface area contributed by atoms with Crippen LogP contribution in [-0.2, 0) is 14.3 Å². The molecular weight excluding hydrogens is 436 g/mol. The molecular formula is C27H48O5S. The quantitative estimate of drug-likeness (QED) is 0.118. The van der Waals surface area contributed by atoms with Gasteiger partial charge in [0.25, 0.3) is 0 Å². The van der Waals surface area contributed by atoms with Crippen LogP contribution in [0, 0.1) is 5.92 Å². The fourth-order valence-electron chi connectivity index (χ4n) is 4.60. The highest BCUT2D eigenvalue weighted by molar-refractivity contribution is 8.00. The number of allylic oxidation sites excluding steroid dienone is 1. The Labute approximate surface area is 206 Å². The molecule has 33 heavy (non-hydrogen) atoms. The molecule has 0 radical (unpaired) electrons. The van der Waals surface area contributed by atoms with E-state index in [4.69, 9.17) is 4.74 Å². The van der Waals surface area contributed by atoms with Crippen molar-refractivity contribution in [3.8, 4) is 0 Å². The number of esters is 1. The summed E-state index contributed by atoms with van der Waals surface area (Å²) in [6, 6.07) is 0. The average molecular weight is 485 g/mol. The van der Waals surface area contributed by atoms with E-state index in [1.54, 1.807) is 18.7 Å². The number of aliphatic carboxylic acids is 1. The number of thioether (sulfide) groups is 1. The summed E-state index contributed by atoms with van der Waals surface area (Å²) < 4.78 is 5.00. The molecule has 192 valence electrons. The van der Waals surface area contributed by atoms with Gasteiger partial charge in [-0.1, -0.05) is 82.8 Å². The van der Waals surface area contributed by atoms with Gasteiger partial charge in [0.1, 0.15) is 0 Å². The highest BCUT2D eigenvalue weighted by atomic mass is 32.2. The fraction of sp³-hybridized carbons (Fsp3) is 0.852. The van der Waals surface area contributed by atoms with E-state index in [-0.39, 0.29) is 23.6 Å². The second-order valence-electron chi connectivity index (χ2n) is 9.34. The molecule has 1 fully saturated rings. The van der Waals surface area contributed by atoms with E-state index in [0.717, 1.165) is 19.3 Å². The van der Waals surface area contributed by atoms with E-state index < -0.39 is 12.1 Å². The summed E-state index contributed by atoms with van der Waals surface area (Å²) in [7, 11) is 0. The Balaban J connectivity index is 2.37. The maximum Gasteiger partial charge on any atom is 0.306 e. The van der Waals surface area contributed by atoms with Gasteiger partial charge in [0, 0.05) is 5.75 Å². The highest BCUT2D eigenvalue weighted by Gasteiger charge is 2.36. The number of carbonyl (C=O) groups excluding carboxylic acids is 1. The lowest BCUT2D eigenvalue weighted by Gasteiger charge is -2.36. The van der Waals surface area contributed by atoms with Gasteiger partial charge in [0.2, 0.25) is 0 Å². The topological polar surface area (TPSA) is 83.8 Å². The summed E-state index contributed by atoms with van der Waals surface area (Å²) in [6.07, 6.45) is 19.1. The van der Waals surface area contributed by atoms with Crippen LogP contribution in [0.25, 0.3) is 0 Å². The van der Waals surface area contributed by atoms with Crippen molar-refractivity contribution in [2.45, 2.75) is 128 Å². The SMILES string of the molecule is CCCCCCCCCCCCC/C=C1\CC[C@H](CC(=O)O)[C@@H](O)[C@@H]1SCCC(=O)OCC. The first-order valence-electron chi connectivity index (χ1n) is 13.4. The molecule has 0 aromatic carbocycles. The Morgan fingerprint density at radius 1 is 1.00 bits per heavy atom. The molecule has 0 bridgehead atoms. The van der Waals surface area contributed by atoms with E-state index >= 15 is 0 Å². The number of carbonyl (C=O) groups is 2. The van der Waals surface area contributed by atoms with E-state index in [1.807, 2.05) is 0 Å². The second-order valence-corrected chi connectivity index (χ2v) is 10.6. The third-order valence-corrected chi connectivity index (χ3v) is 7.90. The number of rotatable bonds is 19. The van der Waals surface area contributed by atoms with Crippen molar-refractivity contribution in [1.29, 1.82) is 0 Å². The van der Waals surface area contributed by atoms with E-state index in [2.05, 4.69) is 13.0 Å². The maximum atomic E-state index is 11.7. The van der Waals surface area contributed by atoms with Crippen LogP contribution in [0.1, 0.15) is 117 Å². The van der Waals surface area contributed by atoms with Gasteiger partial charge in [-0.05, 0) is 38.5 Å². The summed E-state index contributed by atoms with van der Waals surface area (Å²) >= 11 is 1.57. The lowest BCUT2D eigenvalue weighted by molar-refractivity contribution is -0.142. The summed E-state index contributed by atoms with van der Waals surface area (Å²) in [5.41, 5.74) is 1.23. The Bertz CT molecular complexity index is 563. The zero-order valence-electron chi connectivity index (χ0n) is 21.1. The first-order chi connectivity index (χ1) is 16.0. The molecule has 5 nitrogen and oxygen atoms in total. The van der Waals surface area contributed by atoms with Gasteiger partial charge in [-0.2, -0.15) is 11.8 Å². The van der Waals surface area contributed by atoms with Crippen molar-refractivity contribution in [2.24, 2.45) is 5.92 Å². The first kappa shape index (κ1) is 30.0. The van der Waals surface area contributed by atoms with Crippen molar-refractivity contribution in [1.82, 2.24) is 0 Å². The largest absolute Gasteiger partial charge is 0.481 e. The standard InChI is InChI=1S/C27H48O5S/c1-3-5-6-7-8-9-10-11-12-13-14-15-16-22-17-18-23(21-24(28)29)26(31)27(22)33-20-19-25(30)32-4-2/h16,23,26-27,31H,3-15,17-21H2,1-2H3,(H,28,29)/b22-16+/t23-,26-,27-/m1/s1. The molecule has 0 saturated heterocycles. The number of aliphatic hydroxyl groups excluding tert-OH is 1. The third kappa shape index (κ3) is 14.1. The summed E-state index contributed by atoms with van der Waals surface area (Å²) in [4.78, 5) is 22.8. The molecule has 1 saturated carbocycles. The zero-order valence-corrected chi connectivity index (χ0v) is 21.9. The molecule has 0 amide bonds. The van der Waals surface area contributed by atoms with Crippen LogP contribution in [-0.4, -0.2) is 45.9 Å². The van der Waals surface area contributed by atoms with Crippen molar-refractivity contribution in [2.75, 3.05) is 12.4 Å². The number of aliphatic hydroxyl groups is 1. The van der Waals surface area contributed by atoms with Crippen LogP contribution in [0.15, 0.2) is 11.6 Å². The molecule has 0 aromatic rings. The monoisotopic (exact) mass is 484 g/mol. The van der Waals surface area contributed by atoms with Gasteiger partial charge in [0.15, 0.2) is 0 Å². The Kier molecular flexibility index (Phi) is 17.6. The predicted molar refractivity (Wildman–Crippen MR) is 138 cm³/mol. The summed E-state index contributed by atoms with van der Waals surface area (Å²) in [6.45, 7) is 4.43. The molecule has 1 aliphatic carbocycles. The fourth-order valence-corrected chi connectivity index (χ4v) is 5.99. The smallest absolute Gasteiger partial charge is 0.306 e. The van der Waals surface area contributed by atoms with Gasteiger partial charge in [0.05, 0.1) is 30.8 Å². The minimum absolute atomic E-state index is 0.00197. The van der Waals surface area contributed by atoms with Crippen LogP contribution < -0.4 is 0 Å². The maximum absolute atomic E-state index is 11.7. The lowest BCUT2D eigenvalue weighted by Crippen LogP contribution is -2.38. The molecule has 2 N–H and O–H groups in total. The number of hydrogen-bond acceptors (Lipinski definition) is 5. The number of unbranched alkanes of at least 4 members (excludes halogenated alkanes) is 11. The molecule has 0 spiro atoms. The lowest BCUT2D eigenvalue weighted by atomic mass is 9.80. The molecule has 0 aliphatic heterocycles. The normalized spacial score (nSPS) is 21.9. The number of hydrogen-bond donors (Lipinski definition) is 2. The average Bonchev–Trinajstić information content (AvgIpc) is 2.78. The van der Waals surface area contributed by atoms with Crippen molar-refractivity contribution >= 4 is 23.7 Å². The van der Waals surface area contributed by atoms with Crippen LogP contribution in [0.4, 0.5) is 0 Å². The molecule has 0 aromatic heterocycles. The molecule has 3 atom stereocenters. The molecule has 1 rings (SSSR count). The molecule has 1 aliphatic rings. The highest BCUT2D eigenvalue weighted by Crippen LogP contribution is 2.38. The number of ether oxygens (including phenoxy) is 1.